The minimum absolute atomic E-state index is 1.23. The Morgan fingerprint density at radius 2 is 1.90 bits per heavy atom. The summed E-state index contributed by atoms with van der Waals surface area (Å²) in [5.41, 5.74) is 0. The van der Waals surface area contributed by atoms with Crippen LogP contribution >= 0.6 is 0 Å². The average molecular weight is 138 g/mol. The average Bonchev–Trinajstić information content (AvgIpc) is 1.85. The van der Waals surface area contributed by atoms with Crippen LogP contribution in [0.5, 0.6) is 0 Å². The van der Waals surface area contributed by atoms with Gasteiger partial charge in [0.15, 0.2) is 0 Å². The van der Waals surface area contributed by atoms with Crippen molar-refractivity contribution in [3.8, 4) is 5.97 Å². The van der Waals surface area contributed by atoms with Gasteiger partial charge in [-0.3, -0.25) is 0 Å². The van der Waals surface area contributed by atoms with Gasteiger partial charge in [0.05, 0.1) is 0 Å². The number of hydrogen-bond donors (Lipinski definition) is 0. The fourth-order valence-electron chi connectivity index (χ4n) is 0.474. The normalized spacial score (nSPS) is 7.90. The Hall–Kier alpha value is -0.485. The van der Waals surface area contributed by atoms with Crippen molar-refractivity contribution in [2.75, 3.05) is 20.6 Å². The van der Waals surface area contributed by atoms with Crippen LogP contribution in [0.3, 0.4) is 0 Å². The smallest absolute Gasteiger partial charge is 0.229 e. The second kappa shape index (κ2) is 11.3. The quantitative estimate of drug-likeness (QED) is 0.543. The van der Waals surface area contributed by atoms with Gasteiger partial charge in [0.25, 0.3) is 0 Å². The first-order valence-corrected chi connectivity index (χ1v) is 3.43. The van der Waals surface area contributed by atoms with Crippen molar-refractivity contribution in [2.45, 2.75) is 19.8 Å². The number of nitrogens with zero attached hydrogens (tertiary/aromatic N) is 2. The lowest BCUT2D eigenvalue weighted by molar-refractivity contribution is 0.398. The van der Waals surface area contributed by atoms with E-state index in [1.54, 1.807) is 0 Å². The van der Waals surface area contributed by atoms with E-state index in [4.69, 9.17) is 5.26 Å². The zero-order valence-corrected chi connectivity index (χ0v) is 7.09. The van der Waals surface area contributed by atoms with Gasteiger partial charge in [-0.05, 0) is 33.0 Å². The molecule has 0 aromatic rings. The maximum absolute atomic E-state index is 7.10. The van der Waals surface area contributed by atoms with E-state index in [1.165, 1.54) is 25.4 Å². The predicted molar refractivity (Wildman–Crippen MR) is 44.8 cm³/mol. The Morgan fingerprint density at radius 3 is 2.00 bits per heavy atom. The lowest BCUT2D eigenvalue weighted by atomic mass is 10.2. The molecule has 3 heteroatoms. The molecule has 0 aliphatic rings. The number of unbranched alkanes of at least 4 members (excludes halogenated alkanes) is 1. The van der Waals surface area contributed by atoms with Crippen molar-refractivity contribution < 1.29 is 0 Å². The van der Waals surface area contributed by atoms with Crippen LogP contribution in [-0.2, 0) is 0 Å². The molecule has 56 valence electrons. The summed E-state index contributed by atoms with van der Waals surface area (Å²) >= 11 is 0. The molecular weight excluding hydrogens is 123 g/mol. The Morgan fingerprint density at radius 1 is 1.50 bits per heavy atom. The fraction of sp³-hybridized carbons (Fsp3) is 0.857. The van der Waals surface area contributed by atoms with Gasteiger partial charge in [0.1, 0.15) is 0 Å². The molecule has 0 aromatic heterocycles. The third kappa shape index (κ3) is 25.8. The largest absolute Gasteiger partial charge is 0.309 e. The molecule has 0 heterocycles. The van der Waals surface area contributed by atoms with Crippen molar-refractivity contribution >= 4 is 7.85 Å². The molecule has 0 aliphatic heterocycles. The Balaban J connectivity index is 0. The number of nitriles is 1. The molecule has 2 nitrogen and oxygen atoms in total. The summed E-state index contributed by atoms with van der Waals surface area (Å²) in [6, 6.07) is 0. The molecule has 0 fully saturated rings. The molecule has 0 unspecified atom stereocenters. The summed E-state index contributed by atoms with van der Waals surface area (Å²) in [6.07, 6.45) is 2.63. The van der Waals surface area contributed by atoms with E-state index in [0.29, 0.717) is 0 Å². The lowest BCUT2D eigenvalue weighted by Crippen LogP contribution is -2.12. The van der Waals surface area contributed by atoms with Crippen molar-refractivity contribution in [1.82, 2.24) is 4.90 Å². The van der Waals surface area contributed by atoms with Crippen molar-refractivity contribution in [3.63, 3.8) is 0 Å². The maximum Gasteiger partial charge on any atom is 0.229 e. The van der Waals surface area contributed by atoms with E-state index in [-0.39, 0.29) is 0 Å². The summed E-state index contributed by atoms with van der Waals surface area (Å²) in [7, 11) is 8.37. The highest BCUT2D eigenvalue weighted by Gasteiger charge is 1.83. The van der Waals surface area contributed by atoms with E-state index >= 15 is 0 Å². The molecule has 0 aromatic carbocycles. The van der Waals surface area contributed by atoms with E-state index in [9.17, 15) is 0 Å². The van der Waals surface area contributed by atoms with Gasteiger partial charge in [-0.15, -0.1) is 0 Å². The molecule has 0 spiro atoms. The van der Waals surface area contributed by atoms with Crippen LogP contribution in [0.4, 0.5) is 0 Å². The van der Waals surface area contributed by atoms with Gasteiger partial charge in [-0.1, -0.05) is 13.3 Å². The predicted octanol–water partition coefficient (Wildman–Crippen LogP) is 0.984. The van der Waals surface area contributed by atoms with E-state index in [1.807, 2.05) is 0 Å². The monoisotopic (exact) mass is 138 g/mol. The number of rotatable bonds is 3. The third-order valence-electron chi connectivity index (χ3n) is 0.959. The van der Waals surface area contributed by atoms with Crippen LogP contribution in [0.15, 0.2) is 0 Å². The van der Waals surface area contributed by atoms with E-state index in [0.717, 1.165) is 0 Å². The van der Waals surface area contributed by atoms with Crippen LogP contribution < -0.4 is 0 Å². The molecule has 0 bridgehead atoms. The summed E-state index contributed by atoms with van der Waals surface area (Å²) in [5.74, 6) is 1.25. The highest BCUT2D eigenvalue weighted by atomic mass is 15.0. The summed E-state index contributed by atoms with van der Waals surface area (Å²) in [5, 5.41) is 7.10. The van der Waals surface area contributed by atoms with E-state index < -0.39 is 0 Å². The molecule has 0 aliphatic carbocycles. The Kier molecular flexibility index (Phi) is 13.8. The fourth-order valence-corrected chi connectivity index (χ4v) is 0.474. The van der Waals surface area contributed by atoms with Gasteiger partial charge >= 0.3 is 0 Å². The van der Waals surface area contributed by atoms with Crippen LogP contribution in [0.2, 0.25) is 0 Å². The molecule has 0 atom stereocenters. The first-order valence-electron chi connectivity index (χ1n) is 3.43. The second-order valence-corrected chi connectivity index (χ2v) is 2.29. The highest BCUT2D eigenvalue weighted by molar-refractivity contribution is 6.20. The molecule has 0 rings (SSSR count). The second-order valence-electron chi connectivity index (χ2n) is 2.29. The van der Waals surface area contributed by atoms with Crippen LogP contribution in [0.1, 0.15) is 19.8 Å². The third-order valence-corrected chi connectivity index (χ3v) is 0.959. The molecular formula is C7H15BN2. The minimum Gasteiger partial charge on any atom is -0.309 e. The molecule has 0 N–H and O–H groups in total. The van der Waals surface area contributed by atoms with Crippen LogP contribution in [0, 0.1) is 11.2 Å². The zero-order chi connectivity index (χ0) is 8.41. The molecule has 0 saturated carbocycles. The van der Waals surface area contributed by atoms with Gasteiger partial charge < -0.3 is 4.90 Å². The Labute approximate surface area is 65.2 Å². The van der Waals surface area contributed by atoms with Gasteiger partial charge in [-0.25, -0.2) is 5.26 Å². The zero-order valence-electron chi connectivity index (χ0n) is 7.09. The summed E-state index contributed by atoms with van der Waals surface area (Å²) in [4.78, 5) is 2.21. The van der Waals surface area contributed by atoms with Crippen molar-refractivity contribution in [3.05, 3.63) is 0 Å². The topological polar surface area (TPSA) is 27.0 Å². The standard InChI is InChI=1S/C6H15N.CBN/c1-4-5-6-7(2)3;2-1-3/h4-6H2,1-3H3;. The van der Waals surface area contributed by atoms with Crippen molar-refractivity contribution in [2.24, 2.45) is 0 Å². The maximum atomic E-state index is 7.10. The van der Waals surface area contributed by atoms with Crippen molar-refractivity contribution in [1.29, 1.82) is 5.26 Å². The van der Waals surface area contributed by atoms with E-state index in [2.05, 4.69) is 33.8 Å². The first kappa shape index (κ1) is 12.2. The highest BCUT2D eigenvalue weighted by Crippen LogP contribution is 1.86. The first-order chi connectivity index (χ1) is 4.68. The van der Waals surface area contributed by atoms with Gasteiger partial charge in [0, 0.05) is 0 Å². The molecule has 0 saturated heterocycles. The summed E-state index contributed by atoms with van der Waals surface area (Å²) < 4.78 is 0. The molecule has 10 heavy (non-hydrogen) atoms. The van der Waals surface area contributed by atoms with Crippen LogP contribution in [-0.4, -0.2) is 33.4 Å². The Bertz CT molecular complexity index is 86.1. The SMILES string of the molecule is CCCCN(C)C.[B]C#N. The van der Waals surface area contributed by atoms with Gasteiger partial charge in [0.2, 0.25) is 7.85 Å². The van der Waals surface area contributed by atoms with Gasteiger partial charge in [-0.2, -0.15) is 0 Å². The summed E-state index contributed by atoms with van der Waals surface area (Å²) in [6.45, 7) is 3.44. The van der Waals surface area contributed by atoms with Crippen LogP contribution in [0.25, 0.3) is 0 Å². The minimum atomic E-state index is 1.23. The lowest BCUT2D eigenvalue weighted by Gasteiger charge is -2.05. The molecule has 2 radical (unpaired) electrons. The molecule has 0 amide bonds. The number of hydrogen-bond acceptors (Lipinski definition) is 2.